The SMILES string of the molecule is CCN1CCN(CCCCOc2ccccc2F)CC1.O=C(O)C(=O)O. The molecule has 2 N–H and O–H groups in total. The maximum absolute atomic E-state index is 13.3. The van der Waals surface area contributed by atoms with Crippen LogP contribution in [0.5, 0.6) is 5.75 Å². The van der Waals surface area contributed by atoms with Gasteiger partial charge in [-0.1, -0.05) is 19.1 Å². The van der Waals surface area contributed by atoms with Gasteiger partial charge in [-0.2, -0.15) is 0 Å². The summed E-state index contributed by atoms with van der Waals surface area (Å²) in [5.74, 6) is -3.56. The smallest absolute Gasteiger partial charge is 0.414 e. The first-order chi connectivity index (χ1) is 12.4. The Bertz CT molecular complexity index is 550. The standard InChI is InChI=1S/C16H25FN2O.C2H2O4/c1-2-18-10-12-19(13-11-18)9-5-6-14-20-16-8-4-3-7-15(16)17;3-1(4)2(5)6/h3-4,7-8H,2,5-6,9-14H2,1H3;(H,3,4)(H,5,6). The fourth-order valence-corrected chi connectivity index (χ4v) is 2.51. The molecule has 0 unspecified atom stereocenters. The van der Waals surface area contributed by atoms with Crippen molar-refractivity contribution in [1.82, 2.24) is 9.80 Å². The van der Waals surface area contributed by atoms with E-state index in [1.54, 1.807) is 18.2 Å². The second kappa shape index (κ2) is 12.2. The van der Waals surface area contributed by atoms with E-state index >= 15 is 0 Å². The van der Waals surface area contributed by atoms with Gasteiger partial charge in [0, 0.05) is 26.2 Å². The van der Waals surface area contributed by atoms with Crippen LogP contribution < -0.4 is 4.74 Å². The molecule has 1 aromatic rings. The largest absolute Gasteiger partial charge is 0.491 e. The van der Waals surface area contributed by atoms with E-state index in [0.717, 1.165) is 25.9 Å². The predicted octanol–water partition coefficient (Wildman–Crippen LogP) is 1.78. The monoisotopic (exact) mass is 370 g/mol. The molecular formula is C18H27FN2O5. The van der Waals surface area contributed by atoms with Gasteiger partial charge in [-0.25, -0.2) is 14.0 Å². The summed E-state index contributed by atoms with van der Waals surface area (Å²) in [6, 6.07) is 6.59. The molecule has 0 aromatic heterocycles. The van der Waals surface area contributed by atoms with Crippen LogP contribution in [0.15, 0.2) is 24.3 Å². The third-order valence-electron chi connectivity index (χ3n) is 4.06. The van der Waals surface area contributed by atoms with Crippen molar-refractivity contribution < 1.29 is 28.9 Å². The first kappa shape index (κ1) is 21.9. The molecular weight excluding hydrogens is 343 g/mol. The highest BCUT2D eigenvalue weighted by atomic mass is 19.1. The lowest BCUT2D eigenvalue weighted by Gasteiger charge is -2.33. The number of rotatable bonds is 7. The lowest BCUT2D eigenvalue weighted by atomic mass is 10.2. The summed E-state index contributed by atoms with van der Waals surface area (Å²) in [5, 5.41) is 14.8. The Hall–Kier alpha value is -2.19. The molecule has 0 bridgehead atoms. The molecule has 146 valence electrons. The highest BCUT2D eigenvalue weighted by Gasteiger charge is 2.14. The third kappa shape index (κ3) is 8.77. The molecule has 1 aliphatic heterocycles. The fourth-order valence-electron chi connectivity index (χ4n) is 2.51. The minimum absolute atomic E-state index is 0.275. The molecule has 0 atom stereocenters. The first-order valence-corrected chi connectivity index (χ1v) is 8.72. The van der Waals surface area contributed by atoms with E-state index in [1.165, 1.54) is 32.2 Å². The Kier molecular flexibility index (Phi) is 10.3. The van der Waals surface area contributed by atoms with Crippen LogP contribution in [-0.4, -0.2) is 77.8 Å². The zero-order valence-electron chi connectivity index (χ0n) is 15.1. The van der Waals surface area contributed by atoms with E-state index in [2.05, 4.69) is 16.7 Å². The van der Waals surface area contributed by atoms with Crippen LogP contribution >= 0.6 is 0 Å². The number of benzene rings is 1. The Morgan fingerprint density at radius 2 is 1.62 bits per heavy atom. The average molecular weight is 370 g/mol. The Morgan fingerprint density at radius 1 is 1.04 bits per heavy atom. The van der Waals surface area contributed by atoms with Crippen LogP contribution in [0.3, 0.4) is 0 Å². The van der Waals surface area contributed by atoms with Crippen molar-refractivity contribution in [3.63, 3.8) is 0 Å². The molecule has 8 heteroatoms. The summed E-state index contributed by atoms with van der Waals surface area (Å²) in [7, 11) is 0. The molecule has 26 heavy (non-hydrogen) atoms. The third-order valence-corrected chi connectivity index (χ3v) is 4.06. The molecule has 0 spiro atoms. The fraction of sp³-hybridized carbons (Fsp3) is 0.556. The lowest BCUT2D eigenvalue weighted by Crippen LogP contribution is -2.46. The van der Waals surface area contributed by atoms with E-state index in [0.29, 0.717) is 12.4 Å². The minimum Gasteiger partial charge on any atom is -0.491 e. The molecule has 0 saturated carbocycles. The number of nitrogens with zero attached hydrogens (tertiary/aromatic N) is 2. The van der Waals surface area contributed by atoms with Gasteiger partial charge >= 0.3 is 11.9 Å². The summed E-state index contributed by atoms with van der Waals surface area (Å²) in [6.45, 7) is 9.79. The quantitative estimate of drug-likeness (QED) is 0.558. The first-order valence-electron chi connectivity index (χ1n) is 8.72. The second-order valence-corrected chi connectivity index (χ2v) is 5.87. The number of carboxylic acid groups (broad SMARTS) is 2. The van der Waals surface area contributed by atoms with Gasteiger partial charge in [0.2, 0.25) is 0 Å². The summed E-state index contributed by atoms with van der Waals surface area (Å²) >= 11 is 0. The van der Waals surface area contributed by atoms with Crippen molar-refractivity contribution in [3.8, 4) is 5.75 Å². The second-order valence-electron chi connectivity index (χ2n) is 5.87. The number of para-hydroxylation sites is 1. The predicted molar refractivity (Wildman–Crippen MR) is 95.0 cm³/mol. The molecule has 1 fully saturated rings. The molecule has 7 nitrogen and oxygen atoms in total. The molecule has 2 rings (SSSR count). The number of unbranched alkanes of at least 4 members (excludes halogenated alkanes) is 1. The number of halogens is 1. The van der Waals surface area contributed by atoms with E-state index in [1.807, 2.05) is 0 Å². The van der Waals surface area contributed by atoms with E-state index in [4.69, 9.17) is 24.5 Å². The van der Waals surface area contributed by atoms with Crippen LogP contribution in [0.25, 0.3) is 0 Å². The Morgan fingerprint density at radius 3 is 2.15 bits per heavy atom. The van der Waals surface area contributed by atoms with Crippen molar-refractivity contribution in [1.29, 1.82) is 0 Å². The van der Waals surface area contributed by atoms with Gasteiger partial charge in [0.25, 0.3) is 0 Å². The normalized spacial score (nSPS) is 15.0. The van der Waals surface area contributed by atoms with Crippen molar-refractivity contribution in [2.24, 2.45) is 0 Å². The molecule has 0 aliphatic carbocycles. The van der Waals surface area contributed by atoms with Crippen LogP contribution in [-0.2, 0) is 9.59 Å². The highest BCUT2D eigenvalue weighted by Crippen LogP contribution is 2.15. The summed E-state index contributed by atoms with van der Waals surface area (Å²) in [5.41, 5.74) is 0. The molecule has 1 saturated heterocycles. The van der Waals surface area contributed by atoms with E-state index in [-0.39, 0.29) is 5.82 Å². The van der Waals surface area contributed by atoms with E-state index < -0.39 is 11.9 Å². The molecule has 0 amide bonds. The molecule has 1 aromatic carbocycles. The lowest BCUT2D eigenvalue weighted by molar-refractivity contribution is -0.159. The number of ether oxygens (including phenoxy) is 1. The molecule has 1 aliphatic rings. The van der Waals surface area contributed by atoms with Crippen LogP contribution in [0, 0.1) is 5.82 Å². The number of piperazine rings is 1. The van der Waals surface area contributed by atoms with Crippen molar-refractivity contribution in [2.75, 3.05) is 45.9 Å². The topological polar surface area (TPSA) is 90.3 Å². The summed E-state index contributed by atoms with van der Waals surface area (Å²) in [4.78, 5) is 23.2. The summed E-state index contributed by atoms with van der Waals surface area (Å²) in [6.07, 6.45) is 2.09. The maximum atomic E-state index is 13.3. The number of hydrogen-bond acceptors (Lipinski definition) is 5. The van der Waals surface area contributed by atoms with Crippen molar-refractivity contribution in [3.05, 3.63) is 30.1 Å². The number of carboxylic acids is 2. The van der Waals surface area contributed by atoms with Gasteiger partial charge in [0.15, 0.2) is 11.6 Å². The zero-order chi connectivity index (χ0) is 19.4. The van der Waals surface area contributed by atoms with Gasteiger partial charge in [0.1, 0.15) is 0 Å². The summed E-state index contributed by atoms with van der Waals surface area (Å²) < 4.78 is 18.8. The molecule has 1 heterocycles. The minimum atomic E-state index is -1.82. The maximum Gasteiger partial charge on any atom is 0.414 e. The highest BCUT2D eigenvalue weighted by molar-refractivity contribution is 6.27. The van der Waals surface area contributed by atoms with Crippen molar-refractivity contribution in [2.45, 2.75) is 19.8 Å². The Labute approximate surface area is 153 Å². The number of aliphatic carboxylic acids is 2. The average Bonchev–Trinajstić information content (AvgIpc) is 2.64. The van der Waals surface area contributed by atoms with Crippen LogP contribution in [0.4, 0.5) is 4.39 Å². The van der Waals surface area contributed by atoms with Crippen molar-refractivity contribution >= 4 is 11.9 Å². The number of carbonyl (C=O) groups is 2. The number of likely N-dealkylation sites (N-methyl/N-ethyl adjacent to an activating group) is 1. The van der Waals surface area contributed by atoms with Gasteiger partial charge in [0.05, 0.1) is 6.61 Å². The van der Waals surface area contributed by atoms with E-state index in [9.17, 15) is 4.39 Å². The van der Waals surface area contributed by atoms with Gasteiger partial charge < -0.3 is 24.7 Å². The Balaban J connectivity index is 0.000000487. The van der Waals surface area contributed by atoms with Gasteiger partial charge in [-0.15, -0.1) is 0 Å². The van der Waals surface area contributed by atoms with Crippen LogP contribution in [0.1, 0.15) is 19.8 Å². The zero-order valence-corrected chi connectivity index (χ0v) is 15.1. The molecule has 0 radical (unpaired) electrons. The van der Waals surface area contributed by atoms with Gasteiger partial charge in [-0.3, -0.25) is 0 Å². The van der Waals surface area contributed by atoms with Crippen LogP contribution in [0.2, 0.25) is 0 Å². The van der Waals surface area contributed by atoms with Gasteiger partial charge in [-0.05, 0) is 38.1 Å². The number of hydrogen-bond donors (Lipinski definition) is 2.